The molecule has 0 bridgehead atoms. The lowest BCUT2D eigenvalue weighted by Gasteiger charge is -1.89. The number of aldehydes is 1. The first kappa shape index (κ1) is 7.39. The number of carbonyl (C=O) groups excluding carboxylic acids is 1. The van der Waals surface area contributed by atoms with Crippen LogP contribution in [0.25, 0.3) is 0 Å². The summed E-state index contributed by atoms with van der Waals surface area (Å²) < 4.78 is 0.329. The number of halogens is 1. The maximum absolute atomic E-state index is 10.7. The van der Waals surface area contributed by atoms with E-state index in [4.69, 9.17) is 0 Å². The van der Waals surface area contributed by atoms with Gasteiger partial charge in [-0.05, 0) is 22.6 Å². The summed E-state index contributed by atoms with van der Waals surface area (Å²) in [6.07, 6.45) is 1.76. The van der Waals surface area contributed by atoms with Crippen molar-refractivity contribution >= 4 is 28.9 Å². The summed E-state index contributed by atoms with van der Waals surface area (Å²) in [5.74, 6) is 0. The van der Waals surface area contributed by atoms with Gasteiger partial charge in [-0.3, -0.25) is 9.59 Å². The molecule has 0 aliphatic rings. The Bertz CT molecular complexity index is 307. The van der Waals surface area contributed by atoms with Crippen LogP contribution in [0.15, 0.2) is 11.1 Å². The first-order valence-electron chi connectivity index (χ1n) is 2.44. The first-order valence-corrected chi connectivity index (χ1v) is 3.52. The number of aromatic nitrogens is 2. The van der Waals surface area contributed by atoms with Gasteiger partial charge in [-0.15, -0.1) is 0 Å². The highest BCUT2D eigenvalue weighted by atomic mass is 127. The van der Waals surface area contributed by atoms with E-state index in [9.17, 15) is 9.59 Å². The zero-order valence-corrected chi connectivity index (χ0v) is 6.95. The second-order valence-electron chi connectivity index (χ2n) is 1.55. The van der Waals surface area contributed by atoms with E-state index in [1.807, 2.05) is 0 Å². The van der Waals surface area contributed by atoms with Crippen molar-refractivity contribution in [3.8, 4) is 0 Å². The predicted octanol–water partition coefficient (Wildman–Crippen LogP) is 0.187. The third kappa shape index (κ3) is 1.23. The summed E-state index contributed by atoms with van der Waals surface area (Å²) in [6.45, 7) is 0. The van der Waals surface area contributed by atoms with Crippen LogP contribution < -0.4 is 5.56 Å². The molecule has 1 aromatic rings. The predicted molar refractivity (Wildman–Crippen MR) is 43.0 cm³/mol. The van der Waals surface area contributed by atoms with Gasteiger partial charge in [-0.25, -0.2) is 4.98 Å². The van der Waals surface area contributed by atoms with Crippen LogP contribution in [0.3, 0.4) is 0 Å². The number of rotatable bonds is 1. The van der Waals surface area contributed by atoms with E-state index >= 15 is 0 Å². The zero-order chi connectivity index (χ0) is 7.56. The van der Waals surface area contributed by atoms with Crippen molar-refractivity contribution in [3.63, 3.8) is 0 Å². The lowest BCUT2D eigenvalue weighted by Crippen LogP contribution is -2.12. The lowest BCUT2D eigenvalue weighted by atomic mass is 10.4. The van der Waals surface area contributed by atoms with Gasteiger partial charge >= 0.3 is 0 Å². The fourth-order valence-electron chi connectivity index (χ4n) is 0.479. The molecule has 0 unspecified atom stereocenters. The summed E-state index contributed by atoms with van der Waals surface area (Å²) in [5, 5.41) is 0. The summed E-state index contributed by atoms with van der Waals surface area (Å²) in [4.78, 5) is 26.9. The summed E-state index contributed by atoms with van der Waals surface area (Å²) in [6, 6.07) is 0. The largest absolute Gasteiger partial charge is 0.312 e. The molecule has 52 valence electrons. The average molecular weight is 250 g/mol. The summed E-state index contributed by atoms with van der Waals surface area (Å²) in [7, 11) is 0. The second-order valence-corrected chi connectivity index (χ2v) is 2.63. The Morgan fingerprint density at radius 3 is 2.90 bits per heavy atom. The molecule has 0 spiro atoms. The number of nitrogens with one attached hydrogen (secondary N) is 1. The third-order valence-electron chi connectivity index (χ3n) is 0.935. The van der Waals surface area contributed by atoms with E-state index in [2.05, 4.69) is 9.97 Å². The van der Waals surface area contributed by atoms with Crippen molar-refractivity contribution in [2.24, 2.45) is 0 Å². The Hall–Kier alpha value is -0.720. The van der Waals surface area contributed by atoms with E-state index < -0.39 is 0 Å². The quantitative estimate of drug-likeness (QED) is 0.571. The van der Waals surface area contributed by atoms with Gasteiger partial charge in [0.05, 0.1) is 6.33 Å². The van der Waals surface area contributed by atoms with Gasteiger partial charge in [-0.2, -0.15) is 0 Å². The molecule has 5 heteroatoms. The van der Waals surface area contributed by atoms with Crippen LogP contribution in [0.1, 0.15) is 10.5 Å². The number of H-pyrrole nitrogens is 1. The molecule has 0 aliphatic heterocycles. The molecule has 0 saturated carbocycles. The van der Waals surface area contributed by atoms with Crippen molar-refractivity contribution in [2.75, 3.05) is 0 Å². The molecule has 4 nitrogen and oxygen atoms in total. The lowest BCUT2D eigenvalue weighted by molar-refractivity contribution is 0.111. The molecule has 0 amide bonds. The number of nitrogens with zero attached hydrogens (tertiary/aromatic N) is 1. The van der Waals surface area contributed by atoms with Gasteiger partial charge < -0.3 is 4.98 Å². The standard InChI is InChI=1S/C5H3IN2O2/c6-4-3(1-9)7-2-8-5(4)10/h1-2H,(H,7,8,10). The second kappa shape index (κ2) is 2.91. The van der Waals surface area contributed by atoms with Gasteiger partial charge in [0.15, 0.2) is 6.29 Å². The maximum Gasteiger partial charge on any atom is 0.264 e. The molecule has 0 fully saturated rings. The van der Waals surface area contributed by atoms with Gasteiger partial charge in [0.1, 0.15) is 9.26 Å². The number of carbonyl (C=O) groups is 1. The van der Waals surface area contributed by atoms with Crippen LogP contribution in [-0.2, 0) is 0 Å². The van der Waals surface area contributed by atoms with Crippen molar-refractivity contribution < 1.29 is 4.79 Å². The monoisotopic (exact) mass is 250 g/mol. The molecule has 0 atom stereocenters. The molecular weight excluding hydrogens is 247 g/mol. The molecule has 1 aromatic heterocycles. The van der Waals surface area contributed by atoms with Crippen LogP contribution in [0.5, 0.6) is 0 Å². The highest BCUT2D eigenvalue weighted by molar-refractivity contribution is 14.1. The van der Waals surface area contributed by atoms with Crippen molar-refractivity contribution in [1.82, 2.24) is 9.97 Å². The van der Waals surface area contributed by atoms with Crippen molar-refractivity contribution in [3.05, 3.63) is 25.9 Å². The Kier molecular flexibility index (Phi) is 2.15. The Morgan fingerprint density at radius 2 is 2.40 bits per heavy atom. The van der Waals surface area contributed by atoms with Crippen molar-refractivity contribution in [2.45, 2.75) is 0 Å². The zero-order valence-electron chi connectivity index (χ0n) is 4.80. The fourth-order valence-corrected chi connectivity index (χ4v) is 0.901. The highest BCUT2D eigenvalue weighted by Gasteiger charge is 2.01. The number of hydrogen-bond donors (Lipinski definition) is 1. The molecule has 1 heterocycles. The fraction of sp³-hybridized carbons (Fsp3) is 0. The average Bonchev–Trinajstić information content (AvgIpc) is 1.95. The molecule has 10 heavy (non-hydrogen) atoms. The maximum atomic E-state index is 10.7. The van der Waals surface area contributed by atoms with Gasteiger partial charge in [0.2, 0.25) is 0 Å². The SMILES string of the molecule is O=Cc1nc[nH]c(=O)c1I. The van der Waals surface area contributed by atoms with E-state index in [0.717, 1.165) is 0 Å². The van der Waals surface area contributed by atoms with Crippen LogP contribution in [-0.4, -0.2) is 16.3 Å². The van der Waals surface area contributed by atoms with Crippen LogP contribution in [0, 0.1) is 3.57 Å². The van der Waals surface area contributed by atoms with E-state index in [1.54, 1.807) is 22.6 Å². The minimum atomic E-state index is -0.280. The van der Waals surface area contributed by atoms with Crippen LogP contribution in [0.4, 0.5) is 0 Å². The minimum absolute atomic E-state index is 0.185. The minimum Gasteiger partial charge on any atom is -0.312 e. The van der Waals surface area contributed by atoms with Crippen LogP contribution >= 0.6 is 22.6 Å². The Labute approximate surface area is 69.8 Å². The molecule has 1 rings (SSSR count). The van der Waals surface area contributed by atoms with Crippen molar-refractivity contribution in [1.29, 1.82) is 0 Å². The highest BCUT2D eigenvalue weighted by Crippen LogP contribution is 1.97. The smallest absolute Gasteiger partial charge is 0.264 e. The molecule has 0 aromatic carbocycles. The van der Waals surface area contributed by atoms with Crippen LogP contribution in [0.2, 0.25) is 0 Å². The van der Waals surface area contributed by atoms with E-state index in [1.165, 1.54) is 6.33 Å². The molecule has 1 N–H and O–H groups in total. The Morgan fingerprint density at radius 1 is 1.70 bits per heavy atom. The molecular formula is C5H3IN2O2. The number of aromatic amines is 1. The van der Waals surface area contributed by atoms with Gasteiger partial charge in [-0.1, -0.05) is 0 Å². The summed E-state index contributed by atoms with van der Waals surface area (Å²) >= 11 is 1.77. The first-order chi connectivity index (χ1) is 4.75. The van der Waals surface area contributed by atoms with Gasteiger partial charge in [0, 0.05) is 0 Å². The van der Waals surface area contributed by atoms with E-state index in [-0.39, 0.29) is 11.3 Å². The van der Waals surface area contributed by atoms with Gasteiger partial charge in [0.25, 0.3) is 5.56 Å². The van der Waals surface area contributed by atoms with E-state index in [0.29, 0.717) is 9.86 Å². The summed E-state index contributed by atoms with van der Waals surface area (Å²) in [5.41, 5.74) is -0.0953. The Balaban J connectivity index is 3.41. The third-order valence-corrected chi connectivity index (χ3v) is 1.98. The normalized spacial score (nSPS) is 9.30. The number of hydrogen-bond acceptors (Lipinski definition) is 3. The topological polar surface area (TPSA) is 62.8 Å². The molecule has 0 radical (unpaired) electrons. The molecule has 0 saturated heterocycles. The molecule has 0 aliphatic carbocycles.